The van der Waals surface area contributed by atoms with E-state index in [1.54, 1.807) is 13.0 Å². The van der Waals surface area contributed by atoms with E-state index in [1.165, 1.54) is 36.5 Å². The van der Waals surface area contributed by atoms with E-state index in [0.717, 1.165) is 12.8 Å². The Morgan fingerprint density at radius 3 is 2.46 bits per heavy atom. The fourth-order valence-electron chi connectivity index (χ4n) is 3.20. The van der Waals surface area contributed by atoms with E-state index in [9.17, 15) is 24.0 Å². The number of rotatable bonds is 9. The molecule has 0 radical (unpaired) electrons. The minimum atomic E-state index is -0.935. The van der Waals surface area contributed by atoms with Crippen molar-refractivity contribution in [1.29, 1.82) is 0 Å². The van der Waals surface area contributed by atoms with Crippen molar-refractivity contribution in [2.45, 2.75) is 32.4 Å². The first-order valence-electron chi connectivity index (χ1n) is 11.5. The summed E-state index contributed by atoms with van der Waals surface area (Å²) in [5.74, 6) is -3.49. The predicted octanol–water partition coefficient (Wildman–Crippen LogP) is 0.457. The van der Waals surface area contributed by atoms with Crippen LogP contribution in [0.25, 0.3) is 0 Å². The number of nitrogens with one attached hydrogen (secondary N) is 4. The Balaban J connectivity index is 1.38. The van der Waals surface area contributed by atoms with E-state index in [4.69, 9.17) is 13.9 Å². The smallest absolute Gasteiger partial charge is 0.338 e. The number of benzene rings is 1. The summed E-state index contributed by atoms with van der Waals surface area (Å²) < 4.78 is 15.7. The van der Waals surface area contributed by atoms with Crippen LogP contribution >= 0.6 is 0 Å². The summed E-state index contributed by atoms with van der Waals surface area (Å²) in [4.78, 5) is 59.4. The molecular formula is C24H27N5O8. The van der Waals surface area contributed by atoms with Gasteiger partial charge in [0.05, 0.1) is 31.0 Å². The van der Waals surface area contributed by atoms with E-state index in [2.05, 4.69) is 26.5 Å². The Hall–Kier alpha value is -4.52. The van der Waals surface area contributed by atoms with Gasteiger partial charge in [-0.3, -0.25) is 19.2 Å². The van der Waals surface area contributed by atoms with Crippen LogP contribution in [0.3, 0.4) is 0 Å². The zero-order valence-corrected chi connectivity index (χ0v) is 20.1. The lowest BCUT2D eigenvalue weighted by molar-refractivity contribution is -0.139. The topological polar surface area (TPSA) is 177 Å². The van der Waals surface area contributed by atoms with Gasteiger partial charge >= 0.3 is 29.6 Å². The first-order valence-corrected chi connectivity index (χ1v) is 11.5. The zero-order chi connectivity index (χ0) is 26.6. The molecule has 3 rings (SSSR count). The Labute approximate surface area is 211 Å². The van der Waals surface area contributed by atoms with Crippen LogP contribution in [0.1, 0.15) is 41.6 Å². The quantitative estimate of drug-likeness (QED) is 0.162. The highest BCUT2D eigenvalue weighted by molar-refractivity contribution is 6.39. The van der Waals surface area contributed by atoms with Crippen molar-refractivity contribution in [3.8, 4) is 0 Å². The normalized spacial score (nSPS) is 14.7. The Kier molecular flexibility index (Phi) is 9.91. The maximum absolute atomic E-state index is 12.1. The van der Waals surface area contributed by atoms with E-state index >= 15 is 0 Å². The Bertz CT molecular complexity index is 1150. The van der Waals surface area contributed by atoms with Gasteiger partial charge in [-0.1, -0.05) is 0 Å². The SMILES string of the molecule is CCOC(=O)c1ccc(NC(=O)C(=O)NCc2ccc(/C=N/NC(=O)C(=O)NC[C@H]3CCCO3)o2)cc1. The Morgan fingerprint density at radius 2 is 1.76 bits per heavy atom. The average Bonchev–Trinajstić information content (AvgIpc) is 3.58. The number of carbonyl (C=O) groups is 5. The maximum atomic E-state index is 12.1. The number of ether oxygens (including phenoxy) is 2. The summed E-state index contributed by atoms with van der Waals surface area (Å²) in [7, 11) is 0. The second kappa shape index (κ2) is 13.5. The third-order valence-electron chi connectivity index (χ3n) is 5.04. The lowest BCUT2D eigenvalue weighted by Gasteiger charge is -2.09. The Morgan fingerprint density at radius 1 is 1.00 bits per heavy atom. The van der Waals surface area contributed by atoms with Gasteiger partial charge in [-0.15, -0.1) is 0 Å². The van der Waals surface area contributed by atoms with Gasteiger partial charge in [-0.25, -0.2) is 10.2 Å². The summed E-state index contributed by atoms with van der Waals surface area (Å²) in [6.07, 6.45) is 2.85. The molecule has 196 valence electrons. The van der Waals surface area contributed by atoms with Gasteiger partial charge in [0.25, 0.3) is 0 Å². The molecule has 2 heterocycles. The molecule has 4 amide bonds. The third kappa shape index (κ3) is 8.58. The molecule has 1 aliphatic rings. The minimum Gasteiger partial charge on any atom is -0.462 e. The van der Waals surface area contributed by atoms with Crippen LogP contribution in [0.15, 0.2) is 45.9 Å². The lowest BCUT2D eigenvalue weighted by Crippen LogP contribution is -2.41. The number of amides is 4. The molecule has 13 heteroatoms. The van der Waals surface area contributed by atoms with Crippen molar-refractivity contribution in [3.63, 3.8) is 0 Å². The molecule has 1 atom stereocenters. The maximum Gasteiger partial charge on any atom is 0.338 e. The molecule has 37 heavy (non-hydrogen) atoms. The van der Waals surface area contributed by atoms with E-state index < -0.39 is 29.6 Å². The van der Waals surface area contributed by atoms with Crippen molar-refractivity contribution in [1.82, 2.24) is 16.1 Å². The highest BCUT2D eigenvalue weighted by atomic mass is 16.5. The number of furan rings is 1. The second-order valence-electron chi connectivity index (χ2n) is 7.78. The molecule has 1 fully saturated rings. The van der Waals surface area contributed by atoms with Gasteiger partial charge in [-0.05, 0) is 56.2 Å². The molecule has 0 aliphatic carbocycles. The van der Waals surface area contributed by atoms with E-state index in [0.29, 0.717) is 23.6 Å². The number of carbonyl (C=O) groups excluding carboxylic acids is 5. The van der Waals surface area contributed by atoms with Gasteiger partial charge in [0.2, 0.25) is 0 Å². The fraction of sp³-hybridized carbons (Fsp3) is 0.333. The molecule has 1 aliphatic heterocycles. The summed E-state index contributed by atoms with van der Waals surface area (Å²) in [6, 6.07) is 8.96. The summed E-state index contributed by atoms with van der Waals surface area (Å²) in [5.41, 5.74) is 2.73. The predicted molar refractivity (Wildman–Crippen MR) is 129 cm³/mol. The first kappa shape index (κ1) is 27.1. The first-order chi connectivity index (χ1) is 17.9. The summed E-state index contributed by atoms with van der Waals surface area (Å²) in [6.45, 7) is 2.75. The minimum absolute atomic E-state index is 0.0834. The molecule has 1 aromatic heterocycles. The van der Waals surface area contributed by atoms with Gasteiger partial charge < -0.3 is 29.8 Å². The molecule has 1 aromatic carbocycles. The third-order valence-corrected chi connectivity index (χ3v) is 5.04. The van der Waals surface area contributed by atoms with Crippen molar-refractivity contribution in [3.05, 3.63) is 53.5 Å². The highest BCUT2D eigenvalue weighted by Gasteiger charge is 2.19. The fourth-order valence-corrected chi connectivity index (χ4v) is 3.20. The number of esters is 1. The monoisotopic (exact) mass is 513 g/mol. The van der Waals surface area contributed by atoms with E-state index in [-0.39, 0.29) is 31.6 Å². The van der Waals surface area contributed by atoms with Crippen LogP contribution in [0.4, 0.5) is 5.69 Å². The molecule has 1 saturated heterocycles. The van der Waals surface area contributed by atoms with Gasteiger partial charge in [-0.2, -0.15) is 5.10 Å². The van der Waals surface area contributed by atoms with Crippen LogP contribution in [0.5, 0.6) is 0 Å². The highest BCUT2D eigenvalue weighted by Crippen LogP contribution is 2.11. The van der Waals surface area contributed by atoms with Gasteiger partial charge in [0.15, 0.2) is 0 Å². The van der Waals surface area contributed by atoms with Crippen LogP contribution in [-0.4, -0.2) is 61.7 Å². The molecule has 0 spiro atoms. The van der Waals surface area contributed by atoms with Crippen LogP contribution in [-0.2, 0) is 35.2 Å². The van der Waals surface area contributed by atoms with Crippen LogP contribution in [0.2, 0.25) is 0 Å². The molecule has 0 bridgehead atoms. The van der Waals surface area contributed by atoms with Crippen molar-refractivity contribution in [2.24, 2.45) is 5.10 Å². The molecule has 2 aromatic rings. The zero-order valence-electron chi connectivity index (χ0n) is 20.1. The van der Waals surface area contributed by atoms with Crippen LogP contribution < -0.4 is 21.4 Å². The standard InChI is InChI=1S/C24H27N5O8/c1-2-35-24(34)15-5-7-16(8-6-15)28-22(32)20(30)26-13-18-9-10-19(37-18)14-27-29-23(33)21(31)25-12-17-4-3-11-36-17/h5-10,14,17H,2-4,11-13H2,1H3,(H,25,31)(H,26,30)(H,28,32)(H,29,33)/b27-14+/t17-/m1/s1. The number of hydrogen-bond acceptors (Lipinski definition) is 9. The van der Waals surface area contributed by atoms with Gasteiger partial charge in [0.1, 0.15) is 11.5 Å². The lowest BCUT2D eigenvalue weighted by atomic mass is 10.2. The molecule has 13 nitrogen and oxygen atoms in total. The molecule has 0 unspecified atom stereocenters. The number of hydrogen-bond donors (Lipinski definition) is 4. The van der Waals surface area contributed by atoms with E-state index in [1.807, 2.05) is 0 Å². The summed E-state index contributed by atoms with van der Waals surface area (Å²) in [5, 5.41) is 11.0. The largest absolute Gasteiger partial charge is 0.462 e. The summed E-state index contributed by atoms with van der Waals surface area (Å²) >= 11 is 0. The number of anilines is 1. The molecular weight excluding hydrogens is 486 g/mol. The number of nitrogens with zero attached hydrogens (tertiary/aromatic N) is 1. The molecule has 0 saturated carbocycles. The van der Waals surface area contributed by atoms with Crippen molar-refractivity contribution < 1.29 is 37.9 Å². The second-order valence-corrected chi connectivity index (χ2v) is 7.78. The van der Waals surface area contributed by atoms with Crippen LogP contribution in [0, 0.1) is 0 Å². The number of hydrazone groups is 1. The van der Waals surface area contributed by atoms with Gasteiger partial charge in [0, 0.05) is 18.8 Å². The molecule has 4 N–H and O–H groups in total. The van der Waals surface area contributed by atoms with Crippen molar-refractivity contribution >= 4 is 41.5 Å². The average molecular weight is 514 g/mol. The van der Waals surface area contributed by atoms with Crippen molar-refractivity contribution in [2.75, 3.05) is 25.1 Å².